The molecule has 0 spiro atoms. The van der Waals surface area contributed by atoms with Gasteiger partial charge in [-0.3, -0.25) is 19.4 Å². The lowest BCUT2D eigenvalue weighted by molar-refractivity contribution is -0.137. The number of amides is 3. The Bertz CT molecular complexity index is 1690. The Morgan fingerprint density at radius 2 is 1.83 bits per heavy atom. The van der Waals surface area contributed by atoms with Crippen molar-refractivity contribution >= 4 is 50.4 Å². The Morgan fingerprint density at radius 1 is 1.07 bits per heavy atom. The van der Waals surface area contributed by atoms with Crippen LogP contribution in [0.2, 0.25) is 0 Å². The summed E-state index contributed by atoms with van der Waals surface area (Å²) < 4.78 is 39.2. The van der Waals surface area contributed by atoms with E-state index >= 15 is 0 Å². The quantitative estimate of drug-likeness (QED) is 0.163. The summed E-state index contributed by atoms with van der Waals surface area (Å²) in [7, 11) is -3.94. The lowest BCUT2D eigenvalue weighted by Crippen LogP contribution is -2.42. The molecule has 17 nitrogen and oxygen atoms in total. The van der Waals surface area contributed by atoms with Gasteiger partial charge in [0, 0.05) is 18.3 Å². The van der Waals surface area contributed by atoms with Crippen molar-refractivity contribution < 1.29 is 37.5 Å². The molecule has 3 amide bonds. The molecule has 4 atom stereocenters. The van der Waals surface area contributed by atoms with Crippen molar-refractivity contribution in [2.24, 2.45) is 0 Å². The molecule has 18 heteroatoms. The first-order valence-electron chi connectivity index (χ1n) is 12.2. The SMILES string of the molecule is CCNC(=O)[C@H]1O[C@@H](n2cnc3c(NC(=O)Nc4ccc(S(=O)(=O)Nc5cc(C)on5)cc4)ncnc32)[C@H](O)[C@@H]1O. The van der Waals surface area contributed by atoms with Gasteiger partial charge in [-0.2, -0.15) is 0 Å². The molecule has 1 aliphatic rings. The first-order chi connectivity index (χ1) is 19.6. The number of ether oxygens (including phenoxy) is 1. The smallest absolute Gasteiger partial charge is 0.324 e. The summed E-state index contributed by atoms with van der Waals surface area (Å²) in [6, 6.07) is 6.09. The number of likely N-dealkylation sites (N-methyl/N-ethyl adjacent to an activating group) is 1. The van der Waals surface area contributed by atoms with Crippen LogP contribution in [0.5, 0.6) is 0 Å². The molecule has 1 aromatic carbocycles. The highest BCUT2D eigenvalue weighted by Gasteiger charge is 2.47. The highest BCUT2D eigenvalue weighted by atomic mass is 32.2. The van der Waals surface area contributed by atoms with Gasteiger partial charge in [-0.25, -0.2) is 28.2 Å². The monoisotopic (exact) mass is 587 g/mol. The molecule has 1 fully saturated rings. The summed E-state index contributed by atoms with van der Waals surface area (Å²) in [6.45, 7) is 3.64. The summed E-state index contributed by atoms with van der Waals surface area (Å²) in [4.78, 5) is 37.2. The number of anilines is 3. The fourth-order valence-corrected chi connectivity index (χ4v) is 5.09. The van der Waals surface area contributed by atoms with Crippen LogP contribution in [0.1, 0.15) is 18.9 Å². The van der Waals surface area contributed by atoms with Crippen molar-refractivity contribution in [2.45, 2.75) is 43.3 Å². The number of aliphatic hydroxyl groups is 2. The number of aliphatic hydroxyl groups excluding tert-OH is 2. The molecule has 5 rings (SSSR count). The normalized spacial score (nSPS) is 20.6. The number of nitrogens with one attached hydrogen (secondary N) is 4. The van der Waals surface area contributed by atoms with E-state index in [1.165, 1.54) is 41.2 Å². The molecular formula is C23H25N9O8S. The van der Waals surface area contributed by atoms with Crippen LogP contribution in [0.15, 0.2) is 52.4 Å². The summed E-state index contributed by atoms with van der Waals surface area (Å²) in [6.07, 6.45) is -3.01. The molecule has 3 aromatic heterocycles. The van der Waals surface area contributed by atoms with E-state index in [0.717, 1.165) is 6.33 Å². The Labute approximate surface area is 232 Å². The number of aryl methyl sites for hydroxylation is 1. The van der Waals surface area contributed by atoms with Gasteiger partial charge in [-0.1, -0.05) is 5.16 Å². The van der Waals surface area contributed by atoms with Crippen LogP contribution in [-0.2, 0) is 19.6 Å². The Kier molecular flexibility index (Phi) is 7.54. The highest BCUT2D eigenvalue weighted by Crippen LogP contribution is 2.32. The number of urea groups is 1. The maximum absolute atomic E-state index is 12.7. The van der Waals surface area contributed by atoms with E-state index in [1.807, 2.05) is 0 Å². The molecule has 0 saturated carbocycles. The minimum atomic E-state index is -3.94. The van der Waals surface area contributed by atoms with Gasteiger partial charge in [0.05, 0.1) is 11.2 Å². The second-order valence-electron chi connectivity index (χ2n) is 8.90. The van der Waals surface area contributed by atoms with E-state index in [4.69, 9.17) is 9.26 Å². The van der Waals surface area contributed by atoms with Gasteiger partial charge in [0.2, 0.25) is 0 Å². The van der Waals surface area contributed by atoms with Crippen molar-refractivity contribution in [1.82, 2.24) is 30.0 Å². The van der Waals surface area contributed by atoms with Gasteiger partial charge >= 0.3 is 6.03 Å². The van der Waals surface area contributed by atoms with Crippen molar-refractivity contribution in [1.29, 1.82) is 0 Å². The number of fused-ring (bicyclic) bond motifs is 1. The van der Waals surface area contributed by atoms with Gasteiger partial charge in [-0.15, -0.1) is 0 Å². The maximum Gasteiger partial charge on any atom is 0.324 e. The minimum Gasteiger partial charge on any atom is -0.387 e. The molecule has 4 heterocycles. The molecule has 4 aromatic rings. The zero-order valence-corrected chi connectivity index (χ0v) is 22.4. The Morgan fingerprint density at radius 3 is 2.51 bits per heavy atom. The summed E-state index contributed by atoms with van der Waals surface area (Å²) in [5.41, 5.74) is 0.583. The van der Waals surface area contributed by atoms with Crippen LogP contribution in [0.4, 0.5) is 22.1 Å². The van der Waals surface area contributed by atoms with Gasteiger partial charge in [0.25, 0.3) is 15.9 Å². The van der Waals surface area contributed by atoms with Crippen molar-refractivity contribution in [2.75, 3.05) is 21.9 Å². The molecule has 41 heavy (non-hydrogen) atoms. The van der Waals surface area contributed by atoms with Gasteiger partial charge in [0.15, 0.2) is 35.1 Å². The molecule has 1 aliphatic heterocycles. The lowest BCUT2D eigenvalue weighted by atomic mass is 10.1. The second kappa shape index (κ2) is 11.1. The van der Waals surface area contributed by atoms with E-state index in [-0.39, 0.29) is 33.4 Å². The van der Waals surface area contributed by atoms with E-state index in [1.54, 1.807) is 13.8 Å². The van der Waals surface area contributed by atoms with Crippen molar-refractivity contribution in [3.63, 3.8) is 0 Å². The molecule has 6 N–H and O–H groups in total. The number of hydrogen-bond donors (Lipinski definition) is 6. The van der Waals surface area contributed by atoms with Gasteiger partial charge in [-0.05, 0) is 38.1 Å². The zero-order chi connectivity index (χ0) is 29.3. The maximum atomic E-state index is 12.7. The Hall–Kier alpha value is -4.65. The molecule has 0 unspecified atom stereocenters. The number of imidazole rings is 1. The number of benzene rings is 1. The van der Waals surface area contributed by atoms with Crippen molar-refractivity contribution in [3.8, 4) is 0 Å². The van der Waals surface area contributed by atoms with Crippen LogP contribution in [0.25, 0.3) is 11.2 Å². The van der Waals surface area contributed by atoms with Gasteiger partial charge < -0.3 is 30.1 Å². The van der Waals surface area contributed by atoms with E-state index in [2.05, 4.69) is 40.8 Å². The average Bonchev–Trinajstić information content (AvgIpc) is 3.62. The van der Waals surface area contributed by atoms with E-state index < -0.39 is 46.5 Å². The third-order valence-electron chi connectivity index (χ3n) is 6.00. The number of sulfonamides is 1. The number of aromatic nitrogens is 5. The van der Waals surface area contributed by atoms with Crippen LogP contribution in [0.3, 0.4) is 0 Å². The Balaban J connectivity index is 1.27. The van der Waals surface area contributed by atoms with E-state index in [0.29, 0.717) is 12.3 Å². The van der Waals surface area contributed by atoms with Gasteiger partial charge in [0.1, 0.15) is 24.3 Å². The average molecular weight is 588 g/mol. The second-order valence-corrected chi connectivity index (χ2v) is 10.6. The van der Waals surface area contributed by atoms with Crippen molar-refractivity contribution in [3.05, 3.63) is 48.7 Å². The highest BCUT2D eigenvalue weighted by molar-refractivity contribution is 7.92. The first kappa shape index (κ1) is 27.9. The summed E-state index contributed by atoms with van der Waals surface area (Å²) >= 11 is 0. The number of carbonyl (C=O) groups is 2. The third-order valence-corrected chi connectivity index (χ3v) is 7.37. The number of carbonyl (C=O) groups excluding carboxylic acids is 2. The largest absolute Gasteiger partial charge is 0.387 e. The lowest BCUT2D eigenvalue weighted by Gasteiger charge is -2.16. The predicted molar refractivity (Wildman–Crippen MR) is 141 cm³/mol. The molecule has 216 valence electrons. The molecule has 0 bridgehead atoms. The molecule has 0 radical (unpaired) electrons. The topological polar surface area (TPSA) is 236 Å². The molecular weight excluding hydrogens is 562 g/mol. The third kappa shape index (κ3) is 5.66. The van der Waals surface area contributed by atoms with E-state index in [9.17, 15) is 28.2 Å². The van der Waals surface area contributed by atoms with Crippen LogP contribution in [0, 0.1) is 6.92 Å². The van der Waals surface area contributed by atoms with Crippen LogP contribution in [-0.4, -0.2) is 80.1 Å². The standard InChI is InChI=1S/C23H25N9O8S/c1-3-24-21(35)18-16(33)17(34)22(39-18)32-10-27-15-19(25-9-26-20(15)32)29-23(36)28-12-4-6-13(7-5-12)41(37,38)31-14-8-11(2)40-30-14/h4-10,16-18,22,33-34H,3H2,1-2H3,(H,24,35)(H,30,31)(H2,25,26,28,29,36)/t16-,17+,18-,22+/m0/s1. The predicted octanol–water partition coefficient (Wildman–Crippen LogP) is 0.323. The molecule has 0 aliphatic carbocycles. The fraction of sp³-hybridized carbons (Fsp3) is 0.304. The van der Waals surface area contributed by atoms with Crippen LogP contribution >= 0.6 is 0 Å². The summed E-state index contributed by atoms with van der Waals surface area (Å²) in [5.74, 6) is -0.0820. The first-order valence-corrected chi connectivity index (χ1v) is 13.7. The zero-order valence-electron chi connectivity index (χ0n) is 21.5. The number of rotatable bonds is 8. The summed E-state index contributed by atoms with van der Waals surface area (Å²) in [5, 5.41) is 32.1. The minimum absolute atomic E-state index is 0.0193. The molecule has 1 saturated heterocycles. The number of nitrogens with zero attached hydrogens (tertiary/aromatic N) is 5. The van der Waals surface area contributed by atoms with Crippen LogP contribution < -0.4 is 20.7 Å². The number of hydrogen-bond acceptors (Lipinski definition) is 12. The fourth-order valence-electron chi connectivity index (χ4n) is 4.11.